The molecule has 1 aromatic carbocycles. The van der Waals surface area contributed by atoms with Gasteiger partial charge >= 0.3 is 0 Å². The maximum atomic E-state index is 12.8. The van der Waals surface area contributed by atoms with E-state index in [-0.39, 0.29) is 11.8 Å². The minimum absolute atomic E-state index is 0.0891. The Morgan fingerprint density at radius 2 is 1.74 bits per heavy atom. The minimum atomic E-state index is 0.0891. The van der Waals surface area contributed by atoms with Crippen LogP contribution in [0.25, 0.3) is 0 Å². The van der Waals surface area contributed by atoms with Gasteiger partial charge in [-0.3, -0.25) is 14.5 Å². The Labute approximate surface area is 188 Å². The Morgan fingerprint density at radius 1 is 1.00 bits per heavy atom. The van der Waals surface area contributed by atoms with Crippen molar-refractivity contribution in [2.24, 2.45) is 5.92 Å². The number of para-hydroxylation sites is 1. The van der Waals surface area contributed by atoms with E-state index in [0.717, 1.165) is 63.2 Å². The number of hydrogen-bond acceptors (Lipinski definition) is 4. The minimum Gasteiger partial charge on any atom is -0.355 e. The molecule has 1 fully saturated rings. The van der Waals surface area contributed by atoms with Crippen LogP contribution in [0.1, 0.15) is 57.4 Å². The zero-order valence-electron chi connectivity index (χ0n) is 19.4. The van der Waals surface area contributed by atoms with Crippen LogP contribution in [-0.2, 0) is 16.1 Å². The largest absolute Gasteiger partial charge is 0.355 e. The zero-order chi connectivity index (χ0) is 22.1. The van der Waals surface area contributed by atoms with Crippen LogP contribution < -0.4 is 10.2 Å². The predicted octanol–water partition coefficient (Wildman–Crippen LogP) is 3.26. The summed E-state index contributed by atoms with van der Waals surface area (Å²) in [6, 6.07) is 8.17. The van der Waals surface area contributed by atoms with Gasteiger partial charge in [0.15, 0.2) is 0 Å². The van der Waals surface area contributed by atoms with Gasteiger partial charge in [-0.05, 0) is 63.4 Å². The molecule has 2 aliphatic rings. The number of nitrogens with zero attached hydrogens (tertiary/aromatic N) is 3. The van der Waals surface area contributed by atoms with E-state index in [4.69, 9.17) is 0 Å². The molecule has 2 amide bonds. The first-order valence-electron chi connectivity index (χ1n) is 12.1. The van der Waals surface area contributed by atoms with Crippen molar-refractivity contribution < 1.29 is 9.59 Å². The highest BCUT2D eigenvalue weighted by atomic mass is 16.2. The highest BCUT2D eigenvalue weighted by molar-refractivity contribution is 5.92. The maximum Gasteiger partial charge on any atom is 0.234 e. The molecular weight excluding hydrogens is 388 g/mol. The molecule has 0 spiro atoms. The van der Waals surface area contributed by atoms with Crippen LogP contribution in [0.2, 0.25) is 0 Å². The second kappa shape index (κ2) is 12.2. The van der Waals surface area contributed by atoms with Gasteiger partial charge in [-0.1, -0.05) is 37.5 Å². The molecule has 1 N–H and O–H groups in total. The first-order valence-corrected chi connectivity index (χ1v) is 12.1. The van der Waals surface area contributed by atoms with Crippen molar-refractivity contribution in [1.29, 1.82) is 0 Å². The first-order chi connectivity index (χ1) is 15.0. The average Bonchev–Trinajstić information content (AvgIpc) is 2.73. The second-order valence-corrected chi connectivity index (χ2v) is 9.35. The summed E-state index contributed by atoms with van der Waals surface area (Å²) in [4.78, 5) is 31.6. The van der Waals surface area contributed by atoms with Crippen molar-refractivity contribution >= 4 is 17.5 Å². The van der Waals surface area contributed by atoms with Crippen molar-refractivity contribution in [2.45, 2.75) is 58.4 Å². The van der Waals surface area contributed by atoms with Crippen molar-refractivity contribution in [3.05, 3.63) is 29.8 Å². The summed E-state index contributed by atoms with van der Waals surface area (Å²) < 4.78 is 0. The third kappa shape index (κ3) is 7.62. The standard InChI is InChI=1S/C25H40N4O2/c1-21(30)29-16-9-5-3-4-8-15-28(19-23-12-6-7-13-24(23)29)20-25(31)26-17-22-11-10-14-27(2)18-22/h6-7,12-13,22H,3-5,8-11,14-20H2,1-2H3,(H,26,31). The number of nitrogens with one attached hydrogen (secondary N) is 1. The number of anilines is 1. The Hall–Kier alpha value is -1.92. The SMILES string of the molecule is CC(=O)N1CCCCCCCN(CC(=O)NCC2CCCN(C)C2)Cc2ccccc21. The number of benzene rings is 1. The molecule has 2 heterocycles. The van der Waals surface area contributed by atoms with Crippen LogP contribution in [0.15, 0.2) is 24.3 Å². The third-order valence-corrected chi connectivity index (χ3v) is 6.59. The first kappa shape index (κ1) is 23.7. The third-order valence-electron chi connectivity index (χ3n) is 6.59. The molecular formula is C25H40N4O2. The van der Waals surface area contributed by atoms with Crippen LogP contribution in [0.5, 0.6) is 0 Å². The van der Waals surface area contributed by atoms with Gasteiger partial charge in [0.05, 0.1) is 6.54 Å². The summed E-state index contributed by atoms with van der Waals surface area (Å²) in [6.07, 6.45) is 8.06. The molecule has 172 valence electrons. The molecule has 3 rings (SSSR count). The quantitative estimate of drug-likeness (QED) is 0.800. The fourth-order valence-corrected chi connectivity index (χ4v) is 4.90. The lowest BCUT2D eigenvalue weighted by molar-refractivity contribution is -0.122. The van der Waals surface area contributed by atoms with E-state index in [0.29, 0.717) is 19.0 Å². The maximum absolute atomic E-state index is 12.8. The molecule has 0 bridgehead atoms. The molecule has 0 radical (unpaired) electrons. The molecule has 1 aromatic rings. The molecule has 6 nitrogen and oxygen atoms in total. The van der Waals surface area contributed by atoms with Gasteiger partial charge in [-0.25, -0.2) is 0 Å². The van der Waals surface area contributed by atoms with E-state index in [1.54, 1.807) is 6.92 Å². The Kier molecular flexibility index (Phi) is 9.34. The fraction of sp³-hybridized carbons (Fsp3) is 0.680. The predicted molar refractivity (Wildman–Crippen MR) is 126 cm³/mol. The van der Waals surface area contributed by atoms with E-state index in [1.165, 1.54) is 25.7 Å². The van der Waals surface area contributed by atoms with Crippen LogP contribution in [0, 0.1) is 5.92 Å². The number of hydrogen-bond donors (Lipinski definition) is 1. The van der Waals surface area contributed by atoms with Gasteiger partial charge in [-0.15, -0.1) is 0 Å². The summed E-state index contributed by atoms with van der Waals surface area (Å²) in [5.41, 5.74) is 2.12. The summed E-state index contributed by atoms with van der Waals surface area (Å²) in [7, 11) is 2.16. The van der Waals surface area contributed by atoms with Gasteiger partial charge in [0.25, 0.3) is 0 Å². The molecule has 1 atom stereocenters. The second-order valence-electron chi connectivity index (χ2n) is 9.35. The fourth-order valence-electron chi connectivity index (χ4n) is 4.90. The molecule has 6 heteroatoms. The normalized spacial score (nSPS) is 22.1. The molecule has 0 saturated carbocycles. The average molecular weight is 429 g/mol. The highest BCUT2D eigenvalue weighted by Gasteiger charge is 2.21. The van der Waals surface area contributed by atoms with Crippen LogP contribution in [0.3, 0.4) is 0 Å². The summed E-state index contributed by atoms with van der Waals surface area (Å²) in [6.45, 7) is 7.43. The molecule has 1 saturated heterocycles. The number of likely N-dealkylation sites (tertiary alicyclic amines) is 1. The highest BCUT2D eigenvalue weighted by Crippen LogP contribution is 2.24. The number of carbonyl (C=O) groups excluding carboxylic acids is 2. The summed E-state index contributed by atoms with van der Waals surface area (Å²) >= 11 is 0. The summed E-state index contributed by atoms with van der Waals surface area (Å²) in [5, 5.41) is 3.19. The van der Waals surface area contributed by atoms with E-state index in [2.05, 4.69) is 28.2 Å². The number of amides is 2. The van der Waals surface area contributed by atoms with E-state index in [9.17, 15) is 9.59 Å². The number of carbonyl (C=O) groups is 2. The van der Waals surface area contributed by atoms with Crippen molar-refractivity contribution in [3.8, 4) is 0 Å². The van der Waals surface area contributed by atoms with Crippen molar-refractivity contribution in [1.82, 2.24) is 15.1 Å². The van der Waals surface area contributed by atoms with Gasteiger partial charge in [-0.2, -0.15) is 0 Å². The van der Waals surface area contributed by atoms with Crippen LogP contribution in [0.4, 0.5) is 5.69 Å². The van der Waals surface area contributed by atoms with E-state index >= 15 is 0 Å². The van der Waals surface area contributed by atoms with E-state index < -0.39 is 0 Å². The molecule has 1 unspecified atom stereocenters. The summed E-state index contributed by atoms with van der Waals surface area (Å²) in [5.74, 6) is 0.756. The zero-order valence-corrected chi connectivity index (χ0v) is 19.4. The number of fused-ring (bicyclic) bond motifs is 1. The lowest BCUT2D eigenvalue weighted by Crippen LogP contribution is -2.43. The van der Waals surface area contributed by atoms with E-state index in [1.807, 2.05) is 23.1 Å². The number of rotatable bonds is 4. The van der Waals surface area contributed by atoms with Crippen molar-refractivity contribution in [2.75, 3.05) is 51.2 Å². The molecule has 2 aliphatic heterocycles. The van der Waals surface area contributed by atoms with Gasteiger partial charge in [0.2, 0.25) is 11.8 Å². The smallest absolute Gasteiger partial charge is 0.234 e. The molecule has 0 aliphatic carbocycles. The number of piperidine rings is 1. The monoisotopic (exact) mass is 428 g/mol. The lowest BCUT2D eigenvalue weighted by Gasteiger charge is -2.30. The van der Waals surface area contributed by atoms with Gasteiger partial charge in [0, 0.05) is 38.8 Å². The van der Waals surface area contributed by atoms with Gasteiger partial charge in [0.1, 0.15) is 0 Å². The Balaban J connectivity index is 1.65. The van der Waals surface area contributed by atoms with Crippen LogP contribution in [-0.4, -0.2) is 67.9 Å². The van der Waals surface area contributed by atoms with Crippen LogP contribution >= 0.6 is 0 Å². The molecule has 0 aromatic heterocycles. The molecule has 31 heavy (non-hydrogen) atoms. The Morgan fingerprint density at radius 3 is 2.52 bits per heavy atom. The van der Waals surface area contributed by atoms with Crippen molar-refractivity contribution in [3.63, 3.8) is 0 Å². The lowest BCUT2D eigenvalue weighted by atomic mass is 9.98. The topological polar surface area (TPSA) is 55.9 Å². The Bertz CT molecular complexity index is 723. The van der Waals surface area contributed by atoms with Gasteiger partial charge < -0.3 is 15.1 Å².